The Kier molecular flexibility index (Phi) is 7.41. The average Bonchev–Trinajstić information content (AvgIpc) is 2.72. The first-order chi connectivity index (χ1) is 15.0. The fourth-order valence-electron chi connectivity index (χ4n) is 3.66. The number of rotatable bonds is 4. The Labute approximate surface area is 194 Å². The molecule has 1 aromatic carbocycles. The van der Waals surface area contributed by atoms with E-state index in [4.69, 9.17) is 16.3 Å². The molecule has 7 nitrogen and oxygen atoms in total. The molecule has 2 amide bonds. The minimum atomic E-state index is -0.492. The van der Waals surface area contributed by atoms with Crippen molar-refractivity contribution in [2.45, 2.75) is 45.9 Å². The van der Waals surface area contributed by atoms with E-state index >= 15 is 0 Å². The van der Waals surface area contributed by atoms with Crippen LogP contribution >= 0.6 is 11.6 Å². The maximum absolute atomic E-state index is 12.7. The second-order valence-corrected chi connectivity index (χ2v) is 9.55. The van der Waals surface area contributed by atoms with Gasteiger partial charge in [0.25, 0.3) is 5.91 Å². The summed E-state index contributed by atoms with van der Waals surface area (Å²) in [6, 6.07) is 11.3. The summed E-state index contributed by atoms with van der Waals surface area (Å²) in [7, 11) is 1.74. The molecule has 3 rings (SSSR count). The summed E-state index contributed by atoms with van der Waals surface area (Å²) in [5.41, 5.74) is 1.95. The highest BCUT2D eigenvalue weighted by molar-refractivity contribution is 6.29. The Balaban J connectivity index is 1.56. The van der Waals surface area contributed by atoms with E-state index in [-0.39, 0.29) is 18.0 Å². The molecule has 0 unspecified atom stereocenters. The second kappa shape index (κ2) is 9.88. The minimum Gasteiger partial charge on any atom is -0.444 e. The quantitative estimate of drug-likeness (QED) is 0.633. The fourth-order valence-corrected chi connectivity index (χ4v) is 3.78. The van der Waals surface area contributed by atoms with Crippen LogP contribution in [-0.2, 0) is 11.3 Å². The number of nitrogens with zero attached hydrogens (tertiary/aromatic N) is 4. The van der Waals surface area contributed by atoms with Crippen LogP contribution in [0.4, 0.5) is 10.5 Å². The van der Waals surface area contributed by atoms with Crippen molar-refractivity contribution < 1.29 is 14.3 Å². The molecule has 1 atom stereocenters. The number of halogens is 1. The van der Waals surface area contributed by atoms with Gasteiger partial charge in [-0.15, -0.1) is 0 Å². The normalized spacial score (nSPS) is 17.2. The largest absolute Gasteiger partial charge is 0.444 e. The molecule has 2 heterocycles. The van der Waals surface area contributed by atoms with Crippen LogP contribution in [0.15, 0.2) is 42.6 Å². The van der Waals surface area contributed by atoms with Gasteiger partial charge in [-0.3, -0.25) is 9.69 Å². The lowest BCUT2D eigenvalue weighted by Crippen LogP contribution is -2.54. The van der Waals surface area contributed by atoms with Crippen molar-refractivity contribution >= 4 is 29.3 Å². The first-order valence-corrected chi connectivity index (χ1v) is 11.1. The fraction of sp³-hybridized carbons (Fsp3) is 0.458. The van der Waals surface area contributed by atoms with Crippen molar-refractivity contribution in [2.75, 3.05) is 31.6 Å². The number of benzene rings is 1. The van der Waals surface area contributed by atoms with Crippen molar-refractivity contribution in [3.63, 3.8) is 0 Å². The molecule has 1 aromatic heterocycles. The molecular formula is C24H31ClN4O3. The lowest BCUT2D eigenvalue weighted by atomic mass is 10.1. The molecule has 0 aliphatic carbocycles. The molecule has 2 aromatic rings. The lowest BCUT2D eigenvalue weighted by Gasteiger charge is -2.40. The number of carbonyl (C=O) groups is 2. The Morgan fingerprint density at radius 2 is 1.84 bits per heavy atom. The number of anilines is 1. The second-order valence-electron chi connectivity index (χ2n) is 9.16. The average molecular weight is 459 g/mol. The number of ether oxygens (including phenoxy) is 1. The van der Waals surface area contributed by atoms with Gasteiger partial charge in [0, 0.05) is 51.2 Å². The molecule has 1 aliphatic rings. The molecule has 0 N–H and O–H groups in total. The van der Waals surface area contributed by atoms with Crippen LogP contribution < -0.4 is 4.90 Å². The highest BCUT2D eigenvalue weighted by Crippen LogP contribution is 2.20. The third-order valence-electron chi connectivity index (χ3n) is 5.35. The van der Waals surface area contributed by atoms with Crippen LogP contribution in [-0.4, -0.2) is 65.1 Å². The van der Waals surface area contributed by atoms with Gasteiger partial charge in [0.05, 0.1) is 5.56 Å². The summed E-state index contributed by atoms with van der Waals surface area (Å²) >= 11 is 5.80. The van der Waals surface area contributed by atoms with Crippen LogP contribution in [0.2, 0.25) is 5.15 Å². The molecule has 0 bridgehead atoms. The van der Waals surface area contributed by atoms with Gasteiger partial charge in [-0.2, -0.15) is 0 Å². The van der Waals surface area contributed by atoms with Gasteiger partial charge >= 0.3 is 6.09 Å². The van der Waals surface area contributed by atoms with Gasteiger partial charge in [0.1, 0.15) is 10.8 Å². The molecule has 1 aliphatic heterocycles. The summed E-state index contributed by atoms with van der Waals surface area (Å²) in [6.45, 7) is 10.7. The molecule has 0 saturated carbocycles. The van der Waals surface area contributed by atoms with E-state index in [2.05, 4.69) is 9.88 Å². The standard InChI is InChI=1S/C24H31ClN4O3/c1-17-15-28(12-13-29(17)23(31)32-24(2,3)4)16-18-6-9-20(10-7-18)27(5)22(30)19-8-11-21(25)26-14-19/h6-11,14,17H,12-13,15-16H2,1-5H3/t17-/m0/s1. The predicted octanol–water partition coefficient (Wildman–Crippen LogP) is 4.45. The third kappa shape index (κ3) is 6.20. The summed E-state index contributed by atoms with van der Waals surface area (Å²) in [6.07, 6.45) is 1.23. The van der Waals surface area contributed by atoms with Crippen LogP contribution in [0, 0.1) is 0 Å². The number of piperazine rings is 1. The number of aromatic nitrogens is 1. The van der Waals surface area contributed by atoms with Crippen LogP contribution in [0.3, 0.4) is 0 Å². The van der Waals surface area contributed by atoms with Crippen molar-refractivity contribution in [3.05, 3.63) is 58.9 Å². The molecule has 0 spiro atoms. The maximum atomic E-state index is 12.7. The van der Waals surface area contributed by atoms with Gasteiger partial charge in [-0.25, -0.2) is 9.78 Å². The van der Waals surface area contributed by atoms with Gasteiger partial charge in [-0.1, -0.05) is 23.7 Å². The van der Waals surface area contributed by atoms with E-state index < -0.39 is 5.60 Å². The summed E-state index contributed by atoms with van der Waals surface area (Å²) in [5, 5.41) is 0.356. The third-order valence-corrected chi connectivity index (χ3v) is 5.57. The molecular weight excluding hydrogens is 428 g/mol. The highest BCUT2D eigenvalue weighted by atomic mass is 35.5. The number of pyridine rings is 1. The Morgan fingerprint density at radius 3 is 2.41 bits per heavy atom. The first-order valence-electron chi connectivity index (χ1n) is 10.7. The van der Waals surface area contributed by atoms with E-state index in [1.165, 1.54) is 6.20 Å². The molecule has 1 saturated heterocycles. The lowest BCUT2D eigenvalue weighted by molar-refractivity contribution is 0.000552. The van der Waals surface area contributed by atoms with Gasteiger partial charge in [0.15, 0.2) is 0 Å². The Bertz CT molecular complexity index is 941. The van der Waals surface area contributed by atoms with E-state index in [1.807, 2.05) is 52.0 Å². The van der Waals surface area contributed by atoms with Gasteiger partial charge in [-0.05, 0) is 57.5 Å². The van der Waals surface area contributed by atoms with Crippen molar-refractivity contribution in [1.82, 2.24) is 14.8 Å². The number of amides is 2. The van der Waals surface area contributed by atoms with Crippen molar-refractivity contribution in [1.29, 1.82) is 0 Å². The Hall–Kier alpha value is -2.64. The SMILES string of the molecule is C[C@H]1CN(Cc2ccc(N(C)C(=O)c3ccc(Cl)nc3)cc2)CCN1C(=O)OC(C)(C)C. The summed E-state index contributed by atoms with van der Waals surface area (Å²) in [5.74, 6) is -0.144. The zero-order chi connectivity index (χ0) is 23.5. The molecule has 1 fully saturated rings. The monoisotopic (exact) mass is 458 g/mol. The van der Waals surface area contributed by atoms with Crippen LogP contribution in [0.5, 0.6) is 0 Å². The number of hydrogen-bond donors (Lipinski definition) is 0. The first kappa shape index (κ1) is 24.0. The van der Waals surface area contributed by atoms with Gasteiger partial charge < -0.3 is 14.5 Å². The topological polar surface area (TPSA) is 66.0 Å². The number of carbonyl (C=O) groups excluding carboxylic acids is 2. The zero-order valence-electron chi connectivity index (χ0n) is 19.3. The van der Waals surface area contributed by atoms with E-state index in [1.54, 1.807) is 29.0 Å². The molecule has 172 valence electrons. The van der Waals surface area contributed by atoms with Crippen molar-refractivity contribution in [3.8, 4) is 0 Å². The van der Waals surface area contributed by atoms with Crippen LogP contribution in [0.25, 0.3) is 0 Å². The summed E-state index contributed by atoms with van der Waals surface area (Å²) in [4.78, 5) is 34.8. The highest BCUT2D eigenvalue weighted by Gasteiger charge is 2.30. The van der Waals surface area contributed by atoms with Crippen LogP contribution in [0.1, 0.15) is 43.6 Å². The molecule has 8 heteroatoms. The smallest absolute Gasteiger partial charge is 0.410 e. The van der Waals surface area contributed by atoms with Gasteiger partial charge in [0.2, 0.25) is 0 Å². The van der Waals surface area contributed by atoms with E-state index in [0.29, 0.717) is 17.3 Å². The van der Waals surface area contributed by atoms with E-state index in [9.17, 15) is 9.59 Å². The Morgan fingerprint density at radius 1 is 1.16 bits per heavy atom. The van der Waals surface area contributed by atoms with Crippen molar-refractivity contribution in [2.24, 2.45) is 0 Å². The van der Waals surface area contributed by atoms with E-state index in [0.717, 1.165) is 30.9 Å². The molecule has 0 radical (unpaired) electrons. The summed E-state index contributed by atoms with van der Waals surface area (Å²) < 4.78 is 5.52. The maximum Gasteiger partial charge on any atom is 0.410 e. The molecule has 32 heavy (non-hydrogen) atoms. The minimum absolute atomic E-state index is 0.0783. The zero-order valence-corrected chi connectivity index (χ0v) is 20.1. The predicted molar refractivity (Wildman–Crippen MR) is 126 cm³/mol. The number of hydrogen-bond acceptors (Lipinski definition) is 5.